The number of imide groups is 2. The van der Waals surface area contributed by atoms with Crippen molar-refractivity contribution in [2.75, 3.05) is 13.1 Å². The quantitative estimate of drug-likeness (QED) is 0.502. The van der Waals surface area contributed by atoms with Crippen LogP contribution in [0.2, 0.25) is 0 Å². The maximum Gasteiger partial charge on any atom is 0.410 e. The van der Waals surface area contributed by atoms with Gasteiger partial charge in [0.2, 0.25) is 11.8 Å². The van der Waals surface area contributed by atoms with E-state index in [1.54, 1.807) is 23.1 Å². The zero-order valence-electron chi connectivity index (χ0n) is 19.5. The van der Waals surface area contributed by atoms with E-state index in [4.69, 9.17) is 4.74 Å². The Labute approximate surface area is 197 Å². The molecule has 34 heavy (non-hydrogen) atoms. The van der Waals surface area contributed by atoms with Gasteiger partial charge in [-0.1, -0.05) is 11.8 Å². The fourth-order valence-corrected chi connectivity index (χ4v) is 4.27. The monoisotopic (exact) mass is 465 g/mol. The third-order valence-corrected chi connectivity index (χ3v) is 6.01. The minimum absolute atomic E-state index is 0.0767. The van der Waals surface area contributed by atoms with Gasteiger partial charge in [-0.3, -0.25) is 29.4 Å². The number of nitrogens with one attached hydrogen (secondary N) is 1. The summed E-state index contributed by atoms with van der Waals surface area (Å²) in [4.78, 5) is 64.1. The first-order chi connectivity index (χ1) is 16.0. The third-order valence-electron chi connectivity index (χ3n) is 6.01. The summed E-state index contributed by atoms with van der Waals surface area (Å²) in [6.07, 6.45) is 1.31. The number of likely N-dealkylation sites (tertiary alicyclic amines) is 1. The van der Waals surface area contributed by atoms with E-state index in [2.05, 4.69) is 17.2 Å². The Kier molecular flexibility index (Phi) is 6.17. The Morgan fingerprint density at radius 1 is 1.03 bits per heavy atom. The molecule has 0 bridgehead atoms. The summed E-state index contributed by atoms with van der Waals surface area (Å²) >= 11 is 0. The number of fused-ring (bicyclic) bond motifs is 1. The van der Waals surface area contributed by atoms with E-state index in [1.165, 1.54) is 0 Å². The van der Waals surface area contributed by atoms with Gasteiger partial charge in [-0.05, 0) is 58.2 Å². The number of benzene rings is 1. The number of nitrogens with zero attached hydrogens (tertiary/aromatic N) is 2. The van der Waals surface area contributed by atoms with Gasteiger partial charge in [-0.2, -0.15) is 0 Å². The van der Waals surface area contributed by atoms with Crippen LogP contribution in [0.1, 0.15) is 72.7 Å². The number of amides is 5. The van der Waals surface area contributed by atoms with Crippen LogP contribution in [0.25, 0.3) is 0 Å². The third kappa shape index (κ3) is 4.81. The average molecular weight is 466 g/mol. The highest BCUT2D eigenvalue weighted by Gasteiger charge is 2.44. The minimum Gasteiger partial charge on any atom is -0.444 e. The van der Waals surface area contributed by atoms with E-state index in [9.17, 15) is 24.0 Å². The molecule has 3 aliphatic rings. The van der Waals surface area contributed by atoms with Crippen molar-refractivity contribution in [3.05, 3.63) is 34.9 Å². The fourth-order valence-electron chi connectivity index (χ4n) is 4.27. The van der Waals surface area contributed by atoms with Gasteiger partial charge in [0, 0.05) is 31.0 Å². The highest BCUT2D eigenvalue weighted by atomic mass is 16.6. The van der Waals surface area contributed by atoms with E-state index in [1.807, 2.05) is 20.8 Å². The summed E-state index contributed by atoms with van der Waals surface area (Å²) in [6.45, 7) is 6.63. The highest BCUT2D eigenvalue weighted by Crippen LogP contribution is 2.28. The van der Waals surface area contributed by atoms with Crippen molar-refractivity contribution in [2.45, 2.75) is 58.1 Å². The molecule has 0 saturated carbocycles. The second kappa shape index (κ2) is 8.93. The number of carbonyl (C=O) groups is 5. The van der Waals surface area contributed by atoms with Gasteiger partial charge in [0.05, 0.1) is 11.1 Å². The van der Waals surface area contributed by atoms with Crippen molar-refractivity contribution in [1.29, 1.82) is 0 Å². The lowest BCUT2D eigenvalue weighted by molar-refractivity contribution is -0.136. The van der Waals surface area contributed by atoms with Crippen LogP contribution >= 0.6 is 0 Å². The van der Waals surface area contributed by atoms with E-state index >= 15 is 0 Å². The maximum atomic E-state index is 12.9. The molecule has 1 aromatic carbocycles. The summed E-state index contributed by atoms with van der Waals surface area (Å²) in [5.74, 6) is 4.25. The standard InChI is InChI=1S/C25H27N3O6/c1-25(2,3)34-24(33)27-12-10-15(11-13-27)4-5-16-6-7-17-18(14-16)23(32)28(22(17)31)19-8-9-20(29)26-21(19)30/h6-7,14-15,19H,8-13H2,1-3H3,(H,26,29,30). The molecule has 9 heteroatoms. The SMILES string of the molecule is CC(C)(C)OC(=O)N1CCC(C#Cc2ccc3c(c2)C(=O)N(C2CCC(=O)NC2=O)C3=O)CC1. The second-order valence-corrected chi connectivity index (χ2v) is 9.72. The van der Waals surface area contributed by atoms with E-state index < -0.39 is 35.3 Å². The molecule has 1 unspecified atom stereocenters. The van der Waals surface area contributed by atoms with Crippen molar-refractivity contribution < 1.29 is 28.7 Å². The first-order valence-electron chi connectivity index (χ1n) is 11.4. The Morgan fingerprint density at radius 2 is 1.71 bits per heavy atom. The lowest BCUT2D eigenvalue weighted by Gasteiger charge is -2.31. The Hall–Kier alpha value is -3.67. The molecule has 4 rings (SSSR count). The van der Waals surface area contributed by atoms with E-state index in [0.717, 1.165) is 17.7 Å². The van der Waals surface area contributed by atoms with Gasteiger partial charge >= 0.3 is 6.09 Å². The van der Waals surface area contributed by atoms with Gasteiger partial charge in [-0.15, -0.1) is 0 Å². The average Bonchev–Trinajstić information content (AvgIpc) is 3.01. The molecule has 2 fully saturated rings. The molecular weight excluding hydrogens is 438 g/mol. The molecule has 3 aliphatic heterocycles. The molecular formula is C25H27N3O6. The number of hydrogen-bond acceptors (Lipinski definition) is 6. The van der Waals surface area contributed by atoms with Crippen molar-refractivity contribution in [3.8, 4) is 11.8 Å². The van der Waals surface area contributed by atoms with Crippen LogP contribution in [0.3, 0.4) is 0 Å². The van der Waals surface area contributed by atoms with Crippen molar-refractivity contribution in [2.24, 2.45) is 5.92 Å². The van der Waals surface area contributed by atoms with Gasteiger partial charge < -0.3 is 9.64 Å². The van der Waals surface area contributed by atoms with Crippen molar-refractivity contribution in [3.63, 3.8) is 0 Å². The lowest BCUT2D eigenvalue weighted by atomic mass is 9.97. The van der Waals surface area contributed by atoms with Crippen molar-refractivity contribution >= 4 is 29.7 Å². The number of ether oxygens (including phenoxy) is 1. The van der Waals surface area contributed by atoms with Gasteiger partial charge in [-0.25, -0.2) is 4.79 Å². The predicted molar refractivity (Wildman–Crippen MR) is 121 cm³/mol. The summed E-state index contributed by atoms with van der Waals surface area (Å²) in [5, 5.41) is 2.18. The molecule has 0 radical (unpaired) electrons. The Bertz CT molecular complexity index is 1130. The normalized spacial score (nSPS) is 21.1. The molecule has 1 N–H and O–H groups in total. The second-order valence-electron chi connectivity index (χ2n) is 9.72. The summed E-state index contributed by atoms with van der Waals surface area (Å²) < 4.78 is 5.41. The van der Waals surface area contributed by atoms with Gasteiger partial charge in [0.25, 0.3) is 11.8 Å². The maximum absolute atomic E-state index is 12.9. The van der Waals surface area contributed by atoms with Gasteiger partial charge in [0.15, 0.2) is 0 Å². The van der Waals surface area contributed by atoms with Crippen LogP contribution in [-0.2, 0) is 14.3 Å². The lowest BCUT2D eigenvalue weighted by Crippen LogP contribution is -2.54. The largest absolute Gasteiger partial charge is 0.444 e. The smallest absolute Gasteiger partial charge is 0.410 e. The number of piperidine rings is 2. The molecule has 0 aliphatic carbocycles. The minimum atomic E-state index is -0.991. The van der Waals surface area contributed by atoms with Crippen LogP contribution < -0.4 is 5.32 Å². The fraction of sp³-hybridized carbons (Fsp3) is 0.480. The van der Waals surface area contributed by atoms with E-state index in [-0.39, 0.29) is 36.0 Å². The first kappa shape index (κ1) is 23.5. The molecule has 9 nitrogen and oxygen atoms in total. The summed E-state index contributed by atoms with van der Waals surface area (Å²) in [5.41, 5.74) is 0.500. The van der Waals surface area contributed by atoms with Gasteiger partial charge in [0.1, 0.15) is 11.6 Å². The molecule has 2 saturated heterocycles. The van der Waals surface area contributed by atoms with Crippen LogP contribution in [-0.4, -0.2) is 64.3 Å². The Morgan fingerprint density at radius 3 is 2.35 bits per heavy atom. The number of rotatable bonds is 1. The first-order valence-corrected chi connectivity index (χ1v) is 11.4. The number of carbonyl (C=O) groups excluding carboxylic acids is 5. The predicted octanol–water partition coefficient (Wildman–Crippen LogP) is 2.09. The zero-order chi connectivity index (χ0) is 24.6. The topological polar surface area (TPSA) is 113 Å². The van der Waals surface area contributed by atoms with Crippen LogP contribution in [0.5, 0.6) is 0 Å². The molecule has 178 valence electrons. The molecule has 1 atom stereocenters. The van der Waals surface area contributed by atoms with Crippen LogP contribution in [0, 0.1) is 17.8 Å². The molecule has 0 spiro atoms. The van der Waals surface area contributed by atoms with Crippen LogP contribution in [0.4, 0.5) is 4.79 Å². The Balaban J connectivity index is 1.41. The summed E-state index contributed by atoms with van der Waals surface area (Å²) in [6, 6.07) is 3.82. The highest BCUT2D eigenvalue weighted by molar-refractivity contribution is 6.23. The van der Waals surface area contributed by atoms with E-state index in [0.29, 0.717) is 18.7 Å². The molecule has 1 aromatic rings. The zero-order valence-corrected chi connectivity index (χ0v) is 19.5. The van der Waals surface area contributed by atoms with Crippen molar-refractivity contribution in [1.82, 2.24) is 15.1 Å². The molecule has 3 heterocycles. The number of hydrogen-bond donors (Lipinski definition) is 1. The van der Waals surface area contributed by atoms with Crippen LogP contribution in [0.15, 0.2) is 18.2 Å². The molecule has 5 amide bonds. The molecule has 0 aromatic heterocycles. The summed E-state index contributed by atoms with van der Waals surface area (Å²) in [7, 11) is 0.